The molecule has 2 aromatic rings. The molecule has 0 spiro atoms. The summed E-state index contributed by atoms with van der Waals surface area (Å²) in [4.78, 5) is 0. The molecule has 0 amide bonds. The van der Waals surface area contributed by atoms with Crippen molar-refractivity contribution in [3.8, 4) is 0 Å². The first-order valence-corrected chi connectivity index (χ1v) is 9.91. The third kappa shape index (κ3) is 3.92. The third-order valence-electron chi connectivity index (χ3n) is 3.85. The molecular weight excluding hydrogens is 362 g/mol. The van der Waals surface area contributed by atoms with E-state index in [1.165, 1.54) is 21.8 Å². The summed E-state index contributed by atoms with van der Waals surface area (Å²) in [6.45, 7) is 4.63. The lowest BCUT2D eigenvalue weighted by Gasteiger charge is -2.30. The number of hydrogen-bond donors (Lipinski definition) is 1. The second-order valence-corrected chi connectivity index (χ2v) is 9.32. The van der Waals surface area contributed by atoms with Gasteiger partial charge in [-0.2, -0.15) is 0 Å². The fourth-order valence-electron chi connectivity index (χ4n) is 2.88. The average molecular weight is 382 g/mol. The second-order valence-electron chi connectivity index (χ2n) is 5.78. The zero-order valence-corrected chi connectivity index (χ0v) is 15.5. The molecule has 1 aromatic carbocycles. The highest BCUT2D eigenvalue weighted by atomic mass is 79.9. The lowest BCUT2D eigenvalue weighted by atomic mass is 10.0. The Bertz CT molecular complexity index is 593. The fraction of sp³-hybridized carbons (Fsp3) is 0.412. The molecule has 1 aliphatic rings. The molecule has 1 nitrogen and oxygen atoms in total. The largest absolute Gasteiger partial charge is 0.307 e. The highest BCUT2D eigenvalue weighted by Gasteiger charge is 2.26. The molecule has 1 aromatic heterocycles. The maximum absolute atomic E-state index is 3.84. The van der Waals surface area contributed by atoms with Gasteiger partial charge in [0.1, 0.15) is 0 Å². The zero-order valence-electron chi connectivity index (χ0n) is 12.3. The Morgan fingerprint density at radius 3 is 2.81 bits per heavy atom. The maximum atomic E-state index is 3.84. The molecular formula is C17H20BrNS2. The van der Waals surface area contributed by atoms with Gasteiger partial charge in [0.15, 0.2) is 0 Å². The van der Waals surface area contributed by atoms with Crippen molar-refractivity contribution in [3.63, 3.8) is 0 Å². The lowest BCUT2D eigenvalue weighted by Crippen LogP contribution is -2.34. The Kier molecular flexibility index (Phi) is 5.10. The van der Waals surface area contributed by atoms with Crippen LogP contribution in [0.1, 0.15) is 37.4 Å². The average Bonchev–Trinajstić information content (AvgIpc) is 2.89. The molecule has 0 saturated heterocycles. The number of fused-ring (bicyclic) bond motifs is 1. The molecule has 0 saturated carbocycles. The maximum Gasteiger partial charge on any atom is 0.0649 e. The van der Waals surface area contributed by atoms with E-state index in [-0.39, 0.29) is 0 Å². The molecule has 112 valence electrons. The highest BCUT2D eigenvalue weighted by Crippen LogP contribution is 2.43. The Morgan fingerprint density at radius 2 is 2.05 bits per heavy atom. The SMILES string of the molecule is CC(Cc1ccc(Br)cc1)NC1C[C@H](C)Sc2sccc21. The van der Waals surface area contributed by atoms with E-state index in [4.69, 9.17) is 0 Å². The van der Waals surface area contributed by atoms with Gasteiger partial charge in [-0.05, 0) is 54.5 Å². The third-order valence-corrected chi connectivity index (χ3v) is 6.72. The number of rotatable bonds is 4. The van der Waals surface area contributed by atoms with E-state index in [0.29, 0.717) is 17.3 Å². The molecule has 2 heterocycles. The van der Waals surface area contributed by atoms with Crippen molar-refractivity contribution in [1.29, 1.82) is 0 Å². The smallest absolute Gasteiger partial charge is 0.0649 e. The first kappa shape index (κ1) is 15.6. The predicted octanol–water partition coefficient (Wildman–Crippen LogP) is 5.66. The van der Waals surface area contributed by atoms with E-state index in [1.807, 2.05) is 23.1 Å². The quantitative estimate of drug-likeness (QED) is 0.733. The Labute approximate surface area is 143 Å². The number of nitrogens with one attached hydrogen (secondary N) is 1. The van der Waals surface area contributed by atoms with Crippen LogP contribution in [0.3, 0.4) is 0 Å². The molecule has 0 fully saturated rings. The molecule has 0 bridgehead atoms. The lowest BCUT2D eigenvalue weighted by molar-refractivity contribution is 0.425. The van der Waals surface area contributed by atoms with Crippen LogP contribution in [0.4, 0.5) is 0 Å². The minimum Gasteiger partial charge on any atom is -0.307 e. The van der Waals surface area contributed by atoms with E-state index in [2.05, 4.69) is 70.8 Å². The number of halogens is 1. The van der Waals surface area contributed by atoms with Gasteiger partial charge in [-0.25, -0.2) is 0 Å². The molecule has 0 radical (unpaired) electrons. The summed E-state index contributed by atoms with van der Waals surface area (Å²) in [5, 5.41) is 6.76. The van der Waals surface area contributed by atoms with Gasteiger partial charge in [0.05, 0.1) is 4.21 Å². The van der Waals surface area contributed by atoms with Crippen LogP contribution in [-0.4, -0.2) is 11.3 Å². The van der Waals surface area contributed by atoms with Gasteiger partial charge < -0.3 is 5.32 Å². The van der Waals surface area contributed by atoms with Gasteiger partial charge in [0.25, 0.3) is 0 Å². The van der Waals surface area contributed by atoms with E-state index in [9.17, 15) is 0 Å². The van der Waals surface area contributed by atoms with Crippen LogP contribution in [0.25, 0.3) is 0 Å². The summed E-state index contributed by atoms with van der Waals surface area (Å²) in [6.07, 6.45) is 2.30. The van der Waals surface area contributed by atoms with Crippen molar-refractivity contribution in [3.05, 3.63) is 51.3 Å². The van der Waals surface area contributed by atoms with Crippen molar-refractivity contribution >= 4 is 39.0 Å². The summed E-state index contributed by atoms with van der Waals surface area (Å²) in [7, 11) is 0. The standard InChI is InChI=1S/C17H20BrNS2/c1-11(9-13-3-5-14(18)6-4-13)19-16-10-12(2)21-17-15(16)7-8-20-17/h3-8,11-12,16,19H,9-10H2,1-2H3/t11?,12-,16?/m0/s1. The topological polar surface area (TPSA) is 12.0 Å². The fourth-order valence-corrected chi connectivity index (χ4v) is 5.71. The summed E-state index contributed by atoms with van der Waals surface area (Å²) >= 11 is 7.41. The minimum absolute atomic E-state index is 0.485. The molecule has 1 N–H and O–H groups in total. The van der Waals surface area contributed by atoms with Crippen LogP contribution in [-0.2, 0) is 6.42 Å². The summed E-state index contributed by atoms with van der Waals surface area (Å²) < 4.78 is 2.65. The van der Waals surface area contributed by atoms with Crippen molar-refractivity contribution < 1.29 is 0 Å². The van der Waals surface area contributed by atoms with Crippen molar-refractivity contribution in [2.24, 2.45) is 0 Å². The molecule has 21 heavy (non-hydrogen) atoms. The van der Waals surface area contributed by atoms with Crippen LogP contribution in [0.15, 0.2) is 44.4 Å². The van der Waals surface area contributed by atoms with Crippen LogP contribution in [0, 0.1) is 0 Å². The molecule has 3 atom stereocenters. The molecule has 2 unspecified atom stereocenters. The van der Waals surface area contributed by atoms with E-state index in [0.717, 1.165) is 10.9 Å². The monoisotopic (exact) mass is 381 g/mol. The van der Waals surface area contributed by atoms with E-state index < -0.39 is 0 Å². The molecule has 3 rings (SSSR count). The van der Waals surface area contributed by atoms with Gasteiger partial charge in [-0.1, -0.05) is 35.0 Å². The van der Waals surface area contributed by atoms with Gasteiger partial charge in [0, 0.05) is 21.8 Å². The van der Waals surface area contributed by atoms with Crippen molar-refractivity contribution in [1.82, 2.24) is 5.32 Å². The highest BCUT2D eigenvalue weighted by molar-refractivity contribution is 9.10. The normalized spacial score (nSPS) is 22.8. The summed E-state index contributed by atoms with van der Waals surface area (Å²) in [5.74, 6) is 0. The minimum atomic E-state index is 0.485. The first-order chi connectivity index (χ1) is 10.1. The van der Waals surface area contributed by atoms with E-state index >= 15 is 0 Å². The number of thiophene rings is 1. The molecule has 0 aliphatic carbocycles. The number of benzene rings is 1. The number of hydrogen-bond acceptors (Lipinski definition) is 3. The van der Waals surface area contributed by atoms with Crippen LogP contribution >= 0.6 is 39.0 Å². The van der Waals surface area contributed by atoms with Crippen LogP contribution in [0.5, 0.6) is 0 Å². The van der Waals surface area contributed by atoms with Gasteiger partial charge in [-0.3, -0.25) is 0 Å². The van der Waals surface area contributed by atoms with Crippen LogP contribution in [0.2, 0.25) is 0 Å². The molecule has 4 heteroatoms. The Hall–Kier alpha value is -0.290. The first-order valence-electron chi connectivity index (χ1n) is 7.36. The predicted molar refractivity (Wildman–Crippen MR) is 97.4 cm³/mol. The summed E-state index contributed by atoms with van der Waals surface area (Å²) in [5.41, 5.74) is 2.90. The van der Waals surface area contributed by atoms with E-state index in [1.54, 1.807) is 0 Å². The van der Waals surface area contributed by atoms with Crippen LogP contribution < -0.4 is 5.32 Å². The van der Waals surface area contributed by atoms with Crippen molar-refractivity contribution in [2.75, 3.05) is 0 Å². The summed E-state index contributed by atoms with van der Waals surface area (Å²) in [6, 6.07) is 11.9. The second kappa shape index (κ2) is 6.86. The Morgan fingerprint density at radius 1 is 1.29 bits per heavy atom. The zero-order chi connectivity index (χ0) is 14.8. The molecule has 1 aliphatic heterocycles. The Balaban J connectivity index is 1.65. The van der Waals surface area contributed by atoms with Gasteiger partial charge in [0.2, 0.25) is 0 Å². The van der Waals surface area contributed by atoms with Gasteiger partial charge >= 0.3 is 0 Å². The number of thioether (sulfide) groups is 1. The van der Waals surface area contributed by atoms with Gasteiger partial charge in [-0.15, -0.1) is 23.1 Å². The van der Waals surface area contributed by atoms with Crippen molar-refractivity contribution in [2.45, 2.75) is 48.2 Å².